The quantitative estimate of drug-likeness (QED) is 0.573. The van der Waals surface area contributed by atoms with Crippen LogP contribution in [0.1, 0.15) is 11.3 Å². The Morgan fingerprint density at radius 2 is 1.70 bits per heavy atom. The first-order chi connectivity index (χ1) is 14.3. The van der Waals surface area contributed by atoms with Gasteiger partial charge in [0.05, 0.1) is 5.56 Å². The lowest BCUT2D eigenvalue weighted by Gasteiger charge is -2.17. The molecule has 3 aromatic rings. The van der Waals surface area contributed by atoms with Gasteiger partial charge in [0.15, 0.2) is 11.4 Å². The van der Waals surface area contributed by atoms with E-state index < -0.39 is 17.8 Å². The first-order valence-corrected chi connectivity index (χ1v) is 8.54. The maximum Gasteiger partial charge on any atom is 0.419 e. The van der Waals surface area contributed by atoms with Gasteiger partial charge in [0.25, 0.3) is 0 Å². The molecule has 1 amide bonds. The van der Waals surface area contributed by atoms with Crippen LogP contribution >= 0.6 is 0 Å². The van der Waals surface area contributed by atoms with Crippen LogP contribution in [0.5, 0.6) is 17.2 Å². The van der Waals surface area contributed by atoms with Gasteiger partial charge >= 0.3 is 12.3 Å². The lowest BCUT2D eigenvalue weighted by Crippen LogP contribution is -2.29. The topological polar surface area (TPSA) is 75.5 Å². The van der Waals surface area contributed by atoms with Gasteiger partial charge in [0, 0.05) is 18.9 Å². The molecule has 0 aliphatic rings. The lowest BCUT2D eigenvalue weighted by molar-refractivity contribution is -0.137. The number of benzene rings is 2. The third-order valence-corrected chi connectivity index (χ3v) is 3.96. The fraction of sp³-hybridized carbons (Fsp3) is 0.0952. The molecule has 0 bridgehead atoms. The van der Waals surface area contributed by atoms with Gasteiger partial charge < -0.3 is 9.47 Å². The van der Waals surface area contributed by atoms with Crippen molar-refractivity contribution in [1.29, 1.82) is 5.26 Å². The SMILES string of the molecule is CN(C(=O)Oc1ccc(Oc2cc(C(F)(F)F)cnc2C#N)cc1)c1ccccc1. The monoisotopic (exact) mass is 413 g/mol. The van der Waals surface area contributed by atoms with Gasteiger partial charge in [-0.1, -0.05) is 18.2 Å². The minimum atomic E-state index is -4.62. The van der Waals surface area contributed by atoms with Crippen molar-refractivity contribution in [3.63, 3.8) is 0 Å². The van der Waals surface area contributed by atoms with Gasteiger partial charge in [0.2, 0.25) is 0 Å². The summed E-state index contributed by atoms with van der Waals surface area (Å²) in [7, 11) is 1.55. The summed E-state index contributed by atoms with van der Waals surface area (Å²) in [5.41, 5.74) is -0.683. The van der Waals surface area contributed by atoms with Crippen LogP contribution in [0.2, 0.25) is 0 Å². The standard InChI is InChI=1S/C21H14F3N3O3/c1-27(15-5-3-2-4-6-15)20(28)30-17-9-7-16(8-10-17)29-19-11-14(21(22,23)24)13-26-18(19)12-25/h2-11,13H,1H3. The van der Waals surface area contributed by atoms with Crippen molar-refractivity contribution in [1.82, 2.24) is 4.98 Å². The number of aromatic nitrogens is 1. The second-order valence-electron chi connectivity index (χ2n) is 6.02. The minimum absolute atomic E-state index is 0.142. The van der Waals surface area contributed by atoms with Gasteiger partial charge in [-0.25, -0.2) is 9.78 Å². The smallest absolute Gasteiger partial charge is 0.419 e. The molecule has 0 atom stereocenters. The molecule has 1 aromatic heterocycles. The van der Waals surface area contributed by atoms with E-state index in [9.17, 15) is 18.0 Å². The fourth-order valence-corrected chi connectivity index (χ4v) is 2.39. The maximum absolute atomic E-state index is 12.9. The normalized spacial score (nSPS) is 10.8. The average Bonchev–Trinajstić information content (AvgIpc) is 2.74. The number of hydrogen-bond acceptors (Lipinski definition) is 5. The molecule has 0 saturated carbocycles. The molecule has 9 heteroatoms. The van der Waals surface area contributed by atoms with E-state index in [-0.39, 0.29) is 22.9 Å². The molecule has 0 N–H and O–H groups in total. The van der Waals surface area contributed by atoms with Crippen molar-refractivity contribution >= 4 is 11.8 Å². The number of ether oxygens (including phenoxy) is 2. The van der Waals surface area contributed by atoms with Crippen LogP contribution in [0.15, 0.2) is 66.9 Å². The van der Waals surface area contributed by atoms with Crippen LogP contribution in [0.3, 0.4) is 0 Å². The highest BCUT2D eigenvalue weighted by atomic mass is 19.4. The van der Waals surface area contributed by atoms with Crippen LogP contribution in [-0.4, -0.2) is 18.1 Å². The summed E-state index contributed by atoms with van der Waals surface area (Å²) >= 11 is 0. The van der Waals surface area contributed by atoms with Gasteiger partial charge in [-0.15, -0.1) is 0 Å². The second kappa shape index (κ2) is 8.53. The summed E-state index contributed by atoms with van der Waals surface area (Å²) in [4.78, 5) is 17.0. The Labute approximate surface area is 169 Å². The van der Waals surface area contributed by atoms with Gasteiger partial charge in [-0.3, -0.25) is 4.90 Å². The van der Waals surface area contributed by atoms with Crippen molar-refractivity contribution in [2.75, 3.05) is 11.9 Å². The highest BCUT2D eigenvalue weighted by molar-refractivity contribution is 5.88. The number of carbonyl (C=O) groups is 1. The Hall–Kier alpha value is -4.06. The predicted octanol–water partition coefficient (Wildman–Crippen LogP) is 5.40. The molecule has 2 aromatic carbocycles. The molecule has 0 aliphatic carbocycles. The number of nitriles is 1. The number of nitrogens with zero attached hydrogens (tertiary/aromatic N) is 3. The molecule has 3 rings (SSSR count). The summed E-state index contributed by atoms with van der Waals surface area (Å²) in [6, 6.07) is 16.9. The highest BCUT2D eigenvalue weighted by Gasteiger charge is 2.32. The number of para-hydroxylation sites is 1. The Morgan fingerprint density at radius 3 is 2.30 bits per heavy atom. The van der Waals surface area contributed by atoms with E-state index >= 15 is 0 Å². The maximum atomic E-state index is 12.9. The molecular formula is C21H14F3N3O3. The third-order valence-electron chi connectivity index (χ3n) is 3.96. The van der Waals surface area contributed by atoms with Crippen LogP contribution in [0.25, 0.3) is 0 Å². The Bertz CT molecular complexity index is 1080. The summed E-state index contributed by atoms with van der Waals surface area (Å²) in [5, 5.41) is 9.04. The Morgan fingerprint density at radius 1 is 1.07 bits per heavy atom. The molecule has 30 heavy (non-hydrogen) atoms. The molecule has 0 unspecified atom stereocenters. The van der Waals surface area contributed by atoms with Gasteiger partial charge in [-0.2, -0.15) is 18.4 Å². The molecule has 0 spiro atoms. The molecule has 1 heterocycles. The van der Waals surface area contributed by atoms with E-state index in [1.54, 1.807) is 37.4 Å². The largest absolute Gasteiger partial charge is 0.454 e. The van der Waals surface area contributed by atoms with Crippen molar-refractivity contribution in [2.45, 2.75) is 6.18 Å². The van der Waals surface area contributed by atoms with Gasteiger partial charge in [0.1, 0.15) is 17.6 Å². The van der Waals surface area contributed by atoms with E-state index in [0.717, 1.165) is 0 Å². The van der Waals surface area contributed by atoms with Crippen LogP contribution < -0.4 is 14.4 Å². The first-order valence-electron chi connectivity index (χ1n) is 8.54. The minimum Gasteiger partial charge on any atom is -0.454 e. The number of anilines is 1. The molecular weight excluding hydrogens is 399 g/mol. The third kappa shape index (κ3) is 4.86. The number of halogens is 3. The number of pyridine rings is 1. The van der Waals surface area contributed by atoms with Crippen molar-refractivity contribution in [3.05, 3.63) is 78.1 Å². The van der Waals surface area contributed by atoms with E-state index in [2.05, 4.69) is 4.98 Å². The summed E-state index contributed by atoms with van der Waals surface area (Å²) < 4.78 is 49.3. The zero-order valence-corrected chi connectivity index (χ0v) is 15.6. The van der Waals surface area contributed by atoms with Crippen molar-refractivity contribution < 1.29 is 27.4 Å². The number of rotatable bonds is 4. The predicted molar refractivity (Wildman–Crippen MR) is 101 cm³/mol. The highest BCUT2D eigenvalue weighted by Crippen LogP contribution is 2.34. The van der Waals surface area contributed by atoms with Crippen LogP contribution in [0.4, 0.5) is 23.7 Å². The Balaban J connectivity index is 1.72. The van der Waals surface area contributed by atoms with E-state index in [1.165, 1.54) is 29.2 Å². The summed E-state index contributed by atoms with van der Waals surface area (Å²) in [6.45, 7) is 0. The lowest BCUT2D eigenvalue weighted by atomic mass is 10.2. The zero-order chi connectivity index (χ0) is 21.7. The van der Waals surface area contributed by atoms with E-state index in [0.29, 0.717) is 18.0 Å². The van der Waals surface area contributed by atoms with Crippen LogP contribution in [0, 0.1) is 11.3 Å². The van der Waals surface area contributed by atoms with Gasteiger partial charge in [-0.05, 0) is 42.5 Å². The number of hydrogen-bond donors (Lipinski definition) is 0. The molecule has 152 valence electrons. The molecule has 0 fully saturated rings. The summed E-state index contributed by atoms with van der Waals surface area (Å²) in [6.07, 6.45) is -4.68. The molecule has 6 nitrogen and oxygen atoms in total. The average molecular weight is 413 g/mol. The zero-order valence-electron chi connectivity index (χ0n) is 15.6. The second-order valence-corrected chi connectivity index (χ2v) is 6.02. The van der Waals surface area contributed by atoms with Crippen molar-refractivity contribution in [3.8, 4) is 23.3 Å². The molecule has 0 aliphatic heterocycles. The number of amides is 1. The number of carbonyl (C=O) groups excluding carboxylic acids is 1. The molecule has 0 saturated heterocycles. The van der Waals surface area contributed by atoms with E-state index in [4.69, 9.17) is 14.7 Å². The van der Waals surface area contributed by atoms with Crippen molar-refractivity contribution in [2.24, 2.45) is 0 Å². The number of alkyl halides is 3. The van der Waals surface area contributed by atoms with E-state index in [1.807, 2.05) is 6.07 Å². The Kier molecular flexibility index (Phi) is 5.88. The summed E-state index contributed by atoms with van der Waals surface area (Å²) in [5.74, 6) is 0.0162. The molecule has 0 radical (unpaired) electrons. The fourth-order valence-electron chi connectivity index (χ4n) is 2.39. The van der Waals surface area contributed by atoms with Crippen LogP contribution in [-0.2, 0) is 6.18 Å². The first kappa shape index (κ1) is 20.7.